The van der Waals surface area contributed by atoms with E-state index in [1.165, 1.54) is 30.6 Å². The van der Waals surface area contributed by atoms with E-state index in [1.54, 1.807) is 26.2 Å². The molecule has 170 valence electrons. The van der Waals surface area contributed by atoms with E-state index in [1.807, 2.05) is 0 Å². The largest absolute Gasteiger partial charge is 0.386 e. The van der Waals surface area contributed by atoms with Gasteiger partial charge >= 0.3 is 6.03 Å². The minimum Gasteiger partial charge on any atom is -0.386 e. The van der Waals surface area contributed by atoms with Crippen LogP contribution in [0.5, 0.6) is 0 Å². The normalized spacial score (nSPS) is 13.5. The summed E-state index contributed by atoms with van der Waals surface area (Å²) in [6.07, 6.45) is 2.91. The molecular formula is C20H21F2N5O3S2. The number of carbonyl (C=O) groups is 1. The first-order valence-electron chi connectivity index (χ1n) is 9.39. The van der Waals surface area contributed by atoms with Crippen molar-refractivity contribution < 1.29 is 22.9 Å². The third-order valence-corrected chi connectivity index (χ3v) is 7.38. The van der Waals surface area contributed by atoms with Crippen molar-refractivity contribution in [2.75, 3.05) is 5.32 Å². The SMILES string of the molecule is CCc1c(F)c(F)nc(-c2ccncc2)c1NC(=O)N=S(N)(=O)c1cc(C(C)(C)O)cs1. The van der Waals surface area contributed by atoms with E-state index < -0.39 is 33.3 Å². The summed E-state index contributed by atoms with van der Waals surface area (Å²) in [5, 5.41) is 19.8. The van der Waals surface area contributed by atoms with Gasteiger partial charge in [-0.15, -0.1) is 15.7 Å². The molecule has 2 amide bonds. The van der Waals surface area contributed by atoms with Gasteiger partial charge in [-0.2, -0.15) is 4.39 Å². The number of hydrogen-bond donors (Lipinski definition) is 3. The first kappa shape index (κ1) is 23.9. The van der Waals surface area contributed by atoms with Gasteiger partial charge in [0.15, 0.2) is 15.7 Å². The summed E-state index contributed by atoms with van der Waals surface area (Å²) in [6, 6.07) is 3.32. The van der Waals surface area contributed by atoms with Gasteiger partial charge in [0.25, 0.3) is 0 Å². The summed E-state index contributed by atoms with van der Waals surface area (Å²) in [4.78, 5) is 20.1. The van der Waals surface area contributed by atoms with Crippen molar-refractivity contribution >= 4 is 33.0 Å². The van der Waals surface area contributed by atoms with Crippen LogP contribution in [0.15, 0.2) is 44.5 Å². The number of urea groups is 1. The average Bonchev–Trinajstić information content (AvgIpc) is 3.23. The molecule has 0 aliphatic carbocycles. The van der Waals surface area contributed by atoms with Gasteiger partial charge in [-0.3, -0.25) is 4.98 Å². The second-order valence-corrected chi connectivity index (χ2v) is 10.2. The fourth-order valence-corrected chi connectivity index (χ4v) is 5.13. The summed E-state index contributed by atoms with van der Waals surface area (Å²) in [6.45, 7) is 4.67. The zero-order chi connectivity index (χ0) is 23.7. The van der Waals surface area contributed by atoms with E-state index >= 15 is 0 Å². The molecule has 3 heterocycles. The Morgan fingerprint density at radius 1 is 1.34 bits per heavy atom. The van der Waals surface area contributed by atoms with Crippen molar-refractivity contribution in [2.24, 2.45) is 9.50 Å². The Morgan fingerprint density at radius 2 is 2.00 bits per heavy atom. The molecule has 0 aliphatic rings. The Morgan fingerprint density at radius 3 is 2.56 bits per heavy atom. The maximum Gasteiger partial charge on any atom is 0.354 e. The summed E-state index contributed by atoms with van der Waals surface area (Å²) in [5.41, 5.74) is -0.619. The monoisotopic (exact) mass is 481 g/mol. The second-order valence-electron chi connectivity index (χ2n) is 7.31. The van der Waals surface area contributed by atoms with Crippen LogP contribution in [0.3, 0.4) is 0 Å². The smallest absolute Gasteiger partial charge is 0.354 e. The number of pyridine rings is 2. The third kappa shape index (κ3) is 4.99. The molecule has 0 radical (unpaired) electrons. The Kier molecular flexibility index (Phi) is 6.69. The van der Waals surface area contributed by atoms with Crippen molar-refractivity contribution in [3.8, 4) is 11.3 Å². The van der Waals surface area contributed by atoms with Gasteiger partial charge in [0, 0.05) is 23.5 Å². The Bertz CT molecular complexity index is 1280. The summed E-state index contributed by atoms with van der Waals surface area (Å²) in [7, 11) is -3.66. The molecule has 0 spiro atoms. The van der Waals surface area contributed by atoms with Crippen LogP contribution in [0.25, 0.3) is 11.3 Å². The van der Waals surface area contributed by atoms with Crippen LogP contribution in [0.1, 0.15) is 31.9 Å². The highest BCUT2D eigenvalue weighted by Crippen LogP contribution is 2.33. The number of anilines is 1. The topological polar surface area (TPSA) is 131 Å². The molecule has 0 aromatic carbocycles. The lowest BCUT2D eigenvalue weighted by Gasteiger charge is -2.15. The molecule has 0 saturated carbocycles. The first-order chi connectivity index (χ1) is 14.9. The van der Waals surface area contributed by atoms with Crippen molar-refractivity contribution in [3.63, 3.8) is 0 Å². The molecule has 32 heavy (non-hydrogen) atoms. The van der Waals surface area contributed by atoms with Crippen molar-refractivity contribution in [2.45, 2.75) is 37.0 Å². The fourth-order valence-electron chi connectivity index (χ4n) is 2.85. The van der Waals surface area contributed by atoms with Gasteiger partial charge in [-0.1, -0.05) is 6.92 Å². The average molecular weight is 482 g/mol. The molecule has 0 bridgehead atoms. The van der Waals surface area contributed by atoms with Crippen LogP contribution in [0.2, 0.25) is 0 Å². The number of thiophene rings is 1. The van der Waals surface area contributed by atoms with Crippen molar-refractivity contribution in [3.05, 3.63) is 58.9 Å². The maximum atomic E-state index is 14.4. The van der Waals surface area contributed by atoms with Crippen LogP contribution in [0.4, 0.5) is 19.3 Å². The highest BCUT2D eigenvalue weighted by Gasteiger charge is 2.24. The van der Waals surface area contributed by atoms with Crippen LogP contribution < -0.4 is 10.5 Å². The zero-order valence-electron chi connectivity index (χ0n) is 17.4. The minimum absolute atomic E-state index is 0.0318. The molecule has 12 heteroatoms. The quantitative estimate of drug-likeness (QED) is 0.470. The number of amides is 2. The van der Waals surface area contributed by atoms with Crippen LogP contribution in [-0.4, -0.2) is 25.3 Å². The number of aliphatic hydroxyl groups is 1. The molecule has 3 rings (SSSR count). The van der Waals surface area contributed by atoms with Gasteiger partial charge in [0.2, 0.25) is 5.95 Å². The minimum atomic E-state index is -3.66. The summed E-state index contributed by atoms with van der Waals surface area (Å²) < 4.78 is 45.0. The van der Waals surface area contributed by atoms with Crippen LogP contribution in [-0.2, 0) is 21.9 Å². The maximum absolute atomic E-state index is 14.4. The number of aromatic nitrogens is 2. The molecule has 0 saturated heterocycles. The number of rotatable bonds is 5. The van der Waals surface area contributed by atoms with Gasteiger partial charge in [0.1, 0.15) is 4.21 Å². The van der Waals surface area contributed by atoms with Crippen LogP contribution in [0, 0.1) is 11.8 Å². The lowest BCUT2D eigenvalue weighted by molar-refractivity contribution is 0.0789. The molecule has 8 nitrogen and oxygen atoms in total. The number of nitrogens with zero attached hydrogens (tertiary/aromatic N) is 3. The molecule has 3 aromatic rings. The van der Waals surface area contributed by atoms with Gasteiger partial charge in [0.05, 0.1) is 17.0 Å². The number of halogens is 2. The van der Waals surface area contributed by atoms with Crippen molar-refractivity contribution in [1.82, 2.24) is 9.97 Å². The molecular weight excluding hydrogens is 460 g/mol. The number of nitrogens with one attached hydrogen (secondary N) is 1. The molecule has 0 aliphatic heterocycles. The number of hydrogen-bond acceptors (Lipinski definition) is 6. The van der Waals surface area contributed by atoms with E-state index in [0.717, 1.165) is 11.3 Å². The highest BCUT2D eigenvalue weighted by molar-refractivity contribution is 7.93. The van der Waals surface area contributed by atoms with E-state index in [9.17, 15) is 22.9 Å². The Balaban J connectivity index is 2.04. The molecule has 1 atom stereocenters. The lowest BCUT2D eigenvalue weighted by Crippen LogP contribution is -2.19. The molecule has 4 N–H and O–H groups in total. The lowest BCUT2D eigenvalue weighted by atomic mass is 10.0. The molecule has 0 fully saturated rings. The molecule has 1 unspecified atom stereocenters. The van der Waals surface area contributed by atoms with E-state index in [-0.39, 0.29) is 27.6 Å². The van der Waals surface area contributed by atoms with Crippen molar-refractivity contribution in [1.29, 1.82) is 0 Å². The molecule has 3 aromatic heterocycles. The van der Waals surface area contributed by atoms with Crippen LogP contribution >= 0.6 is 11.3 Å². The standard InChI is InChI=1S/C20H21F2N5O3S2/c1-4-13-15(21)18(22)25-16(11-5-7-24-8-6-11)17(13)26-19(28)27-32(23,30)14-9-12(10-31-14)20(2,3)29/h5-10,29H,4H2,1-3H3,(H3,23,26,27,28,30). The highest BCUT2D eigenvalue weighted by atomic mass is 32.2. The van der Waals surface area contributed by atoms with E-state index in [4.69, 9.17) is 5.14 Å². The predicted molar refractivity (Wildman–Crippen MR) is 118 cm³/mol. The zero-order valence-corrected chi connectivity index (χ0v) is 19.1. The van der Waals surface area contributed by atoms with E-state index in [2.05, 4.69) is 19.6 Å². The predicted octanol–water partition coefficient (Wildman–Crippen LogP) is 4.21. The first-order valence-corrected chi connectivity index (χ1v) is 11.9. The number of carbonyl (C=O) groups excluding carboxylic acids is 1. The van der Waals surface area contributed by atoms with Gasteiger partial charge in [-0.25, -0.2) is 23.5 Å². The van der Waals surface area contributed by atoms with Gasteiger partial charge in [-0.05, 0) is 49.4 Å². The van der Waals surface area contributed by atoms with Gasteiger partial charge < -0.3 is 10.4 Å². The number of nitrogens with two attached hydrogens (primary N) is 1. The summed E-state index contributed by atoms with van der Waals surface area (Å²) >= 11 is 0.981. The Hall–Kier alpha value is -2.80. The third-order valence-electron chi connectivity index (χ3n) is 4.52. The summed E-state index contributed by atoms with van der Waals surface area (Å²) in [5.74, 6) is -2.52. The fraction of sp³-hybridized carbons (Fsp3) is 0.250. The van der Waals surface area contributed by atoms with E-state index in [0.29, 0.717) is 11.1 Å². The second kappa shape index (κ2) is 8.98. The Labute approximate surface area is 187 Å².